The molecule has 1 aromatic rings. The Balaban J connectivity index is 1.50. The molecule has 0 amide bonds. The molecule has 0 saturated heterocycles. The van der Waals surface area contributed by atoms with Gasteiger partial charge in [0.15, 0.2) is 8.32 Å². The number of ether oxygens (including phenoxy) is 2. The van der Waals surface area contributed by atoms with Gasteiger partial charge >= 0.3 is 15.6 Å². The van der Waals surface area contributed by atoms with Crippen molar-refractivity contribution in [3.63, 3.8) is 0 Å². The Morgan fingerprint density at radius 3 is 2.30 bits per heavy atom. The molecule has 0 spiro atoms. The fourth-order valence-corrected chi connectivity index (χ4v) is 7.22. The van der Waals surface area contributed by atoms with Gasteiger partial charge in [-0.1, -0.05) is 51.0 Å². The van der Waals surface area contributed by atoms with Crippen molar-refractivity contribution < 1.29 is 39.7 Å². The zero-order valence-corrected chi connectivity index (χ0v) is 26.4. The zero-order valence-electron chi connectivity index (χ0n) is 24.6. The standard InChI is InChI=1S/C29H45F3O6SSi/c1-28(2,3)40(5,6)38-27-18-23-16-22(17-25(23)26(27)20-37-39(33,34)29(30,31)32)10-8-7-9-15-36-19-21-11-13-24(35-4)14-12-21/h11-14,16,23,25-27H,7-10,15,17-20H2,1-6H3/t23-,25-,26+,27+/m0/s1. The SMILES string of the molecule is COc1ccc(COCCCCCC2=C[C@H]3C[C@@H](O[Si](C)(C)C(C)(C)C)[C@H](COS(=O)(=O)C(F)(F)F)[C@H]3C2)cc1. The topological polar surface area (TPSA) is 71.1 Å². The van der Waals surface area contributed by atoms with Gasteiger partial charge in [0, 0.05) is 12.5 Å². The van der Waals surface area contributed by atoms with Crippen molar-refractivity contribution in [2.45, 2.75) is 95.6 Å². The van der Waals surface area contributed by atoms with Crippen LogP contribution in [0, 0.1) is 17.8 Å². The van der Waals surface area contributed by atoms with Crippen molar-refractivity contribution in [3.8, 4) is 5.75 Å². The maximum Gasteiger partial charge on any atom is 0.523 e. The van der Waals surface area contributed by atoms with Crippen molar-refractivity contribution >= 4 is 18.4 Å². The van der Waals surface area contributed by atoms with Crippen LogP contribution in [0.2, 0.25) is 18.1 Å². The minimum Gasteiger partial charge on any atom is -0.497 e. The molecule has 0 N–H and O–H groups in total. The van der Waals surface area contributed by atoms with E-state index in [0.29, 0.717) is 19.6 Å². The van der Waals surface area contributed by atoms with Crippen molar-refractivity contribution in [1.82, 2.24) is 0 Å². The third-order valence-corrected chi connectivity index (χ3v) is 14.2. The maximum atomic E-state index is 13.0. The number of hydrogen-bond donors (Lipinski definition) is 0. The number of fused-ring (bicyclic) bond motifs is 1. The Morgan fingerprint density at radius 2 is 1.70 bits per heavy atom. The van der Waals surface area contributed by atoms with Crippen LogP contribution in [0.5, 0.6) is 5.75 Å². The predicted octanol–water partition coefficient (Wildman–Crippen LogP) is 7.61. The third kappa shape index (κ3) is 8.56. The molecule has 1 saturated carbocycles. The van der Waals surface area contributed by atoms with Gasteiger partial charge in [-0.3, -0.25) is 4.18 Å². The number of unbranched alkanes of at least 4 members (excludes halogenated alkanes) is 2. The molecule has 11 heteroatoms. The highest BCUT2D eigenvalue weighted by molar-refractivity contribution is 7.87. The molecule has 0 aromatic heterocycles. The van der Waals surface area contributed by atoms with E-state index < -0.39 is 36.5 Å². The first-order chi connectivity index (χ1) is 18.5. The van der Waals surface area contributed by atoms with Crippen LogP contribution >= 0.6 is 0 Å². The van der Waals surface area contributed by atoms with Crippen LogP contribution in [0.15, 0.2) is 35.9 Å². The largest absolute Gasteiger partial charge is 0.523 e. The third-order valence-electron chi connectivity index (χ3n) is 8.70. The predicted molar refractivity (Wildman–Crippen MR) is 152 cm³/mol. The summed E-state index contributed by atoms with van der Waals surface area (Å²) in [6, 6.07) is 7.80. The van der Waals surface area contributed by atoms with Crippen molar-refractivity contribution in [1.29, 1.82) is 0 Å². The van der Waals surface area contributed by atoms with Gasteiger partial charge in [-0.25, -0.2) is 0 Å². The smallest absolute Gasteiger partial charge is 0.497 e. The Morgan fingerprint density at radius 1 is 1.02 bits per heavy atom. The summed E-state index contributed by atoms with van der Waals surface area (Å²) in [5.41, 5.74) is -3.04. The fourth-order valence-electron chi connectivity index (χ4n) is 5.37. The summed E-state index contributed by atoms with van der Waals surface area (Å²) in [6.07, 6.45) is 7.26. The molecule has 6 nitrogen and oxygen atoms in total. The highest BCUT2D eigenvalue weighted by Gasteiger charge is 2.52. The van der Waals surface area contributed by atoms with E-state index in [-0.39, 0.29) is 23.0 Å². The minimum absolute atomic E-state index is 0.0287. The molecule has 0 radical (unpaired) electrons. The first kappa shape index (κ1) is 33.1. The van der Waals surface area contributed by atoms with Crippen molar-refractivity contribution in [2.75, 3.05) is 20.3 Å². The number of alkyl halides is 3. The van der Waals surface area contributed by atoms with E-state index in [9.17, 15) is 21.6 Å². The summed E-state index contributed by atoms with van der Waals surface area (Å²) in [4.78, 5) is 0. The molecule has 2 aliphatic rings. The lowest BCUT2D eigenvalue weighted by Crippen LogP contribution is -2.46. The summed E-state index contributed by atoms with van der Waals surface area (Å²) < 4.78 is 84.4. The first-order valence-electron chi connectivity index (χ1n) is 14.1. The van der Waals surface area contributed by atoms with E-state index in [1.54, 1.807) is 7.11 Å². The van der Waals surface area contributed by atoms with Gasteiger partial charge in [0.1, 0.15) is 5.75 Å². The Bertz CT molecular complexity index is 1100. The van der Waals surface area contributed by atoms with Crippen LogP contribution in [-0.4, -0.2) is 48.7 Å². The van der Waals surface area contributed by atoms with Gasteiger partial charge in [-0.2, -0.15) is 21.6 Å². The quantitative estimate of drug-likeness (QED) is 0.0714. The summed E-state index contributed by atoms with van der Waals surface area (Å²) in [5, 5.41) is -0.0759. The van der Waals surface area contributed by atoms with Gasteiger partial charge in [-0.15, -0.1) is 0 Å². The summed E-state index contributed by atoms with van der Waals surface area (Å²) in [5.74, 6) is 0.607. The molecule has 1 aromatic carbocycles. The molecule has 0 bridgehead atoms. The van der Waals surface area contributed by atoms with Gasteiger partial charge < -0.3 is 13.9 Å². The normalized spacial score (nSPS) is 23.8. The lowest BCUT2D eigenvalue weighted by atomic mass is 9.90. The van der Waals surface area contributed by atoms with Crippen molar-refractivity contribution in [3.05, 3.63) is 41.5 Å². The summed E-state index contributed by atoms with van der Waals surface area (Å²) >= 11 is 0. The van der Waals surface area contributed by atoms with Gasteiger partial charge in [0.25, 0.3) is 0 Å². The molecule has 4 atom stereocenters. The molecule has 2 aliphatic carbocycles. The second-order valence-corrected chi connectivity index (χ2v) is 18.9. The Hall–Kier alpha value is -1.40. The minimum atomic E-state index is -5.65. The molecular weight excluding hydrogens is 561 g/mol. The van der Waals surface area contributed by atoms with Gasteiger partial charge in [0.05, 0.1) is 26.4 Å². The number of methoxy groups -OCH3 is 1. The van der Waals surface area contributed by atoms with Crippen LogP contribution in [-0.2, 0) is 30.1 Å². The maximum absolute atomic E-state index is 13.0. The summed E-state index contributed by atoms with van der Waals surface area (Å²) in [7, 11) is -6.23. The molecule has 0 unspecified atom stereocenters. The number of hydrogen-bond acceptors (Lipinski definition) is 6. The van der Waals surface area contributed by atoms with Crippen LogP contribution in [0.3, 0.4) is 0 Å². The average Bonchev–Trinajstić information content (AvgIpc) is 3.37. The molecule has 0 aliphatic heterocycles. The zero-order chi connectivity index (χ0) is 29.8. The second-order valence-electron chi connectivity index (χ2n) is 12.6. The molecule has 228 valence electrons. The molecule has 1 fully saturated rings. The number of halogens is 3. The molecule has 0 heterocycles. The van der Waals surface area contributed by atoms with E-state index in [1.807, 2.05) is 24.3 Å². The highest BCUT2D eigenvalue weighted by Crippen LogP contribution is 2.51. The van der Waals surface area contributed by atoms with Gasteiger partial charge in [0.2, 0.25) is 0 Å². The van der Waals surface area contributed by atoms with Crippen LogP contribution < -0.4 is 4.74 Å². The highest BCUT2D eigenvalue weighted by atomic mass is 32.2. The number of rotatable bonds is 14. The monoisotopic (exact) mass is 606 g/mol. The average molecular weight is 607 g/mol. The number of benzene rings is 1. The lowest BCUT2D eigenvalue weighted by molar-refractivity contribution is -0.0564. The molecular formula is C29H45F3O6SSi. The van der Waals surface area contributed by atoms with E-state index in [2.05, 4.69) is 44.1 Å². The number of allylic oxidation sites excluding steroid dienone is 2. The summed E-state index contributed by atoms with van der Waals surface area (Å²) in [6.45, 7) is 11.3. The lowest BCUT2D eigenvalue weighted by Gasteiger charge is -2.40. The van der Waals surface area contributed by atoms with E-state index in [1.165, 1.54) is 5.57 Å². The Kier molecular flexibility index (Phi) is 11.0. The first-order valence-corrected chi connectivity index (χ1v) is 18.4. The second kappa shape index (κ2) is 13.3. The van der Waals surface area contributed by atoms with E-state index in [4.69, 9.17) is 13.9 Å². The van der Waals surface area contributed by atoms with Crippen molar-refractivity contribution in [2.24, 2.45) is 17.8 Å². The molecule has 40 heavy (non-hydrogen) atoms. The Labute approximate surface area is 238 Å². The van der Waals surface area contributed by atoms with Crippen LogP contribution in [0.1, 0.15) is 64.9 Å². The fraction of sp³-hybridized carbons (Fsp3) is 0.724. The van der Waals surface area contributed by atoms with E-state index in [0.717, 1.165) is 43.4 Å². The van der Waals surface area contributed by atoms with Crippen LogP contribution in [0.4, 0.5) is 13.2 Å². The molecule has 3 rings (SSSR count). The van der Waals surface area contributed by atoms with Crippen LogP contribution in [0.25, 0.3) is 0 Å². The van der Waals surface area contributed by atoms with E-state index >= 15 is 0 Å². The van der Waals surface area contributed by atoms with Gasteiger partial charge in [-0.05, 0) is 79.8 Å².